The summed E-state index contributed by atoms with van der Waals surface area (Å²) in [4.78, 5) is 23.2. The Balaban J connectivity index is 3.45. The summed E-state index contributed by atoms with van der Waals surface area (Å²) in [7, 11) is 0. The minimum atomic E-state index is -2.94. The second-order valence-electron chi connectivity index (χ2n) is 2.76. The van der Waals surface area contributed by atoms with Crippen molar-refractivity contribution in [1.82, 2.24) is 4.98 Å². The molecule has 0 radical (unpaired) electrons. The van der Waals surface area contributed by atoms with E-state index in [-0.39, 0.29) is 17.4 Å². The van der Waals surface area contributed by atoms with Gasteiger partial charge in [0, 0.05) is 11.6 Å². The van der Waals surface area contributed by atoms with E-state index < -0.39 is 22.9 Å². The van der Waals surface area contributed by atoms with Crippen LogP contribution in [0.5, 0.6) is 0 Å². The van der Waals surface area contributed by atoms with Crippen LogP contribution < -0.4 is 0 Å². The predicted molar refractivity (Wildman–Crippen MR) is 46.0 cm³/mol. The summed E-state index contributed by atoms with van der Waals surface area (Å²) < 4.78 is 24.5. The second kappa shape index (κ2) is 4.07. The molecule has 1 rings (SSSR count). The molecule has 1 aromatic heterocycles. The number of aromatic nitrogens is 1. The first-order valence-corrected chi connectivity index (χ1v) is 3.86. The molecule has 0 saturated heterocycles. The summed E-state index contributed by atoms with van der Waals surface area (Å²) in [5.74, 6) is -0.713. The lowest BCUT2D eigenvalue weighted by Gasteiger charge is -2.01. The molecular formula is C8H6F2N2O3. The molecule has 0 aliphatic heterocycles. The molecule has 0 bridgehead atoms. The maximum Gasteiger partial charge on any atom is 0.367 e. The Morgan fingerprint density at radius 2 is 2.20 bits per heavy atom. The van der Waals surface area contributed by atoms with Crippen LogP contribution in [0.25, 0.3) is 0 Å². The van der Waals surface area contributed by atoms with Gasteiger partial charge in [0.15, 0.2) is 6.29 Å². The molecule has 0 aromatic carbocycles. The zero-order chi connectivity index (χ0) is 11.6. The Morgan fingerprint density at radius 3 is 2.60 bits per heavy atom. The molecular weight excluding hydrogens is 210 g/mol. The van der Waals surface area contributed by atoms with Crippen LogP contribution in [-0.2, 0) is 0 Å². The maximum absolute atomic E-state index is 12.3. The lowest BCUT2D eigenvalue weighted by Crippen LogP contribution is -2.03. The number of hydrogen-bond donors (Lipinski definition) is 0. The van der Waals surface area contributed by atoms with Gasteiger partial charge in [0.2, 0.25) is 5.69 Å². The number of rotatable bonds is 3. The van der Waals surface area contributed by atoms with Crippen LogP contribution in [0.2, 0.25) is 0 Å². The van der Waals surface area contributed by atoms with Crippen LogP contribution in [0, 0.1) is 17.0 Å². The Morgan fingerprint density at radius 1 is 1.60 bits per heavy atom. The van der Waals surface area contributed by atoms with Crippen molar-refractivity contribution in [2.24, 2.45) is 0 Å². The zero-order valence-corrected chi connectivity index (χ0v) is 7.61. The highest BCUT2D eigenvalue weighted by molar-refractivity contribution is 5.78. The molecule has 15 heavy (non-hydrogen) atoms. The van der Waals surface area contributed by atoms with E-state index in [4.69, 9.17) is 0 Å². The van der Waals surface area contributed by atoms with Gasteiger partial charge in [0.1, 0.15) is 0 Å². The fourth-order valence-corrected chi connectivity index (χ4v) is 1.05. The number of alkyl halides is 2. The van der Waals surface area contributed by atoms with Crippen LogP contribution in [0.4, 0.5) is 14.6 Å². The SMILES string of the molecule is Cc1c(C=O)cc(C(F)F)nc1[N+](=O)[O-]. The Kier molecular flexibility index (Phi) is 3.03. The molecule has 0 amide bonds. The van der Waals surface area contributed by atoms with Gasteiger partial charge in [0.25, 0.3) is 0 Å². The first kappa shape index (κ1) is 11.2. The summed E-state index contributed by atoms with van der Waals surface area (Å²) in [6, 6.07) is 0.847. The highest BCUT2D eigenvalue weighted by atomic mass is 19.3. The smallest absolute Gasteiger partial charge is 0.358 e. The Bertz CT molecular complexity index is 421. The van der Waals surface area contributed by atoms with Gasteiger partial charge in [0.05, 0.1) is 5.56 Å². The number of carbonyl (C=O) groups excluding carboxylic acids is 1. The van der Waals surface area contributed by atoms with Crippen molar-refractivity contribution in [3.8, 4) is 0 Å². The van der Waals surface area contributed by atoms with Crippen molar-refractivity contribution >= 4 is 12.1 Å². The van der Waals surface area contributed by atoms with E-state index in [1.807, 2.05) is 0 Å². The van der Waals surface area contributed by atoms with Gasteiger partial charge in [-0.15, -0.1) is 0 Å². The average molecular weight is 216 g/mol. The summed E-state index contributed by atoms with van der Waals surface area (Å²) in [5, 5.41) is 10.4. The fourth-order valence-electron chi connectivity index (χ4n) is 1.05. The van der Waals surface area contributed by atoms with Crippen LogP contribution in [-0.4, -0.2) is 16.2 Å². The number of carbonyl (C=O) groups is 1. The van der Waals surface area contributed by atoms with Crippen LogP contribution in [0.15, 0.2) is 6.07 Å². The van der Waals surface area contributed by atoms with E-state index in [1.165, 1.54) is 6.92 Å². The monoisotopic (exact) mass is 216 g/mol. The number of halogens is 2. The Hall–Kier alpha value is -1.92. The van der Waals surface area contributed by atoms with E-state index >= 15 is 0 Å². The summed E-state index contributed by atoms with van der Waals surface area (Å²) in [6.07, 6.45) is -2.65. The summed E-state index contributed by atoms with van der Waals surface area (Å²) >= 11 is 0. The molecule has 0 fully saturated rings. The maximum atomic E-state index is 12.3. The van der Waals surface area contributed by atoms with E-state index in [2.05, 4.69) is 4.98 Å². The Labute approximate surface area is 82.9 Å². The minimum Gasteiger partial charge on any atom is -0.358 e. The second-order valence-corrected chi connectivity index (χ2v) is 2.76. The van der Waals surface area contributed by atoms with Crippen molar-refractivity contribution in [2.45, 2.75) is 13.3 Å². The average Bonchev–Trinajstić information content (AvgIpc) is 2.17. The van der Waals surface area contributed by atoms with Crippen molar-refractivity contribution in [2.75, 3.05) is 0 Å². The molecule has 0 unspecified atom stereocenters. The largest absolute Gasteiger partial charge is 0.367 e. The van der Waals surface area contributed by atoms with Gasteiger partial charge < -0.3 is 10.1 Å². The van der Waals surface area contributed by atoms with Crippen molar-refractivity contribution < 1.29 is 18.5 Å². The summed E-state index contributed by atoms with van der Waals surface area (Å²) in [6.45, 7) is 1.28. The number of pyridine rings is 1. The molecule has 80 valence electrons. The lowest BCUT2D eigenvalue weighted by molar-refractivity contribution is -0.390. The number of hydrogen-bond acceptors (Lipinski definition) is 4. The molecule has 0 aliphatic carbocycles. The molecule has 0 atom stereocenters. The third kappa shape index (κ3) is 2.12. The number of aldehydes is 1. The first-order valence-electron chi connectivity index (χ1n) is 3.86. The molecule has 0 saturated carbocycles. The van der Waals surface area contributed by atoms with Gasteiger partial charge in [-0.1, -0.05) is 0 Å². The first-order chi connectivity index (χ1) is 6.97. The van der Waals surface area contributed by atoms with Gasteiger partial charge in [-0.3, -0.25) is 4.79 Å². The highest BCUT2D eigenvalue weighted by Crippen LogP contribution is 2.24. The lowest BCUT2D eigenvalue weighted by atomic mass is 10.1. The van der Waals surface area contributed by atoms with Gasteiger partial charge in [-0.25, -0.2) is 8.78 Å². The predicted octanol–water partition coefficient (Wildman–Crippen LogP) is 2.05. The molecule has 1 aromatic rings. The fraction of sp³-hybridized carbons (Fsp3) is 0.250. The topological polar surface area (TPSA) is 73.1 Å². The third-order valence-corrected chi connectivity index (χ3v) is 1.83. The summed E-state index contributed by atoms with van der Waals surface area (Å²) in [5.41, 5.74) is -0.930. The number of nitrogens with zero attached hydrogens (tertiary/aromatic N) is 2. The minimum absolute atomic E-state index is 0.0144. The van der Waals surface area contributed by atoms with Crippen LogP contribution in [0.3, 0.4) is 0 Å². The van der Waals surface area contributed by atoms with E-state index in [0.29, 0.717) is 0 Å². The molecule has 0 aliphatic rings. The van der Waals surface area contributed by atoms with Crippen molar-refractivity contribution in [1.29, 1.82) is 0 Å². The van der Waals surface area contributed by atoms with Crippen LogP contribution >= 0.6 is 0 Å². The highest BCUT2D eigenvalue weighted by Gasteiger charge is 2.23. The van der Waals surface area contributed by atoms with E-state index in [1.54, 1.807) is 0 Å². The van der Waals surface area contributed by atoms with E-state index in [0.717, 1.165) is 6.07 Å². The van der Waals surface area contributed by atoms with Crippen LogP contribution in [0.1, 0.15) is 28.0 Å². The van der Waals surface area contributed by atoms with Crippen molar-refractivity contribution in [3.05, 3.63) is 33.0 Å². The molecule has 0 N–H and O–H groups in total. The third-order valence-electron chi connectivity index (χ3n) is 1.83. The van der Waals surface area contributed by atoms with Gasteiger partial charge >= 0.3 is 12.2 Å². The zero-order valence-electron chi connectivity index (χ0n) is 7.61. The molecule has 7 heteroatoms. The van der Waals surface area contributed by atoms with E-state index in [9.17, 15) is 23.7 Å². The molecule has 0 spiro atoms. The number of nitro groups is 1. The standard InChI is InChI=1S/C8H6F2N2O3/c1-4-5(3-13)2-6(7(9)10)11-8(4)12(14)15/h2-3,7H,1H3. The molecule has 1 heterocycles. The van der Waals surface area contributed by atoms with Gasteiger partial charge in [-0.2, -0.15) is 0 Å². The molecule has 5 nitrogen and oxygen atoms in total. The van der Waals surface area contributed by atoms with Crippen molar-refractivity contribution in [3.63, 3.8) is 0 Å². The normalized spacial score (nSPS) is 10.4. The quantitative estimate of drug-likeness (QED) is 0.440. The van der Waals surface area contributed by atoms with Gasteiger partial charge in [-0.05, 0) is 16.8 Å².